The van der Waals surface area contributed by atoms with Crippen LogP contribution in [0.3, 0.4) is 0 Å². The number of rotatable bonds is 7. The fraction of sp³-hybridized carbons (Fsp3) is 0.400. The van der Waals surface area contributed by atoms with E-state index in [9.17, 15) is 13.2 Å². The summed E-state index contributed by atoms with van der Waals surface area (Å²) in [4.78, 5) is 12.0. The Kier molecular flexibility index (Phi) is 4.60. The number of ketones is 1. The third-order valence-electron chi connectivity index (χ3n) is 3.11. The fourth-order valence-electron chi connectivity index (χ4n) is 2.03. The summed E-state index contributed by atoms with van der Waals surface area (Å²) in [5, 5.41) is 0.805. The normalized spacial score (nSPS) is 11.8. The molecule has 0 unspecified atom stereocenters. The highest BCUT2D eigenvalue weighted by Crippen LogP contribution is 2.19. The number of sulfone groups is 1. The Balaban J connectivity index is 2.07. The van der Waals surface area contributed by atoms with Crippen LogP contribution in [0.25, 0.3) is 11.0 Å². The molecule has 0 aliphatic carbocycles. The Morgan fingerprint density at radius 2 is 1.95 bits per heavy atom. The van der Waals surface area contributed by atoms with E-state index in [4.69, 9.17) is 4.42 Å². The van der Waals surface area contributed by atoms with Crippen LogP contribution in [0, 0.1) is 0 Å². The molecule has 108 valence electrons. The molecule has 1 aromatic heterocycles. The predicted octanol–water partition coefficient (Wildman–Crippen LogP) is 3.22. The molecule has 0 amide bonds. The zero-order chi connectivity index (χ0) is 14.6. The lowest BCUT2D eigenvalue weighted by Crippen LogP contribution is -2.18. The van der Waals surface area contributed by atoms with Crippen LogP contribution in [-0.2, 0) is 9.84 Å². The minimum Gasteiger partial charge on any atom is -0.453 e. The molecule has 5 heteroatoms. The number of Topliss-reactive ketones (excluding diaryl/α,β-unsaturated/α-hetero) is 1. The second-order valence-corrected chi connectivity index (χ2v) is 7.05. The van der Waals surface area contributed by atoms with E-state index in [2.05, 4.69) is 0 Å². The van der Waals surface area contributed by atoms with E-state index in [-0.39, 0.29) is 11.5 Å². The number of fused-ring (bicyclic) bond motifs is 1. The van der Waals surface area contributed by atoms with E-state index in [1.165, 1.54) is 0 Å². The number of unbranched alkanes of at least 4 members (excludes halogenated alkanes) is 2. The molecule has 0 saturated carbocycles. The first kappa shape index (κ1) is 14.8. The Morgan fingerprint density at radius 3 is 2.65 bits per heavy atom. The highest BCUT2D eigenvalue weighted by molar-refractivity contribution is 7.92. The van der Waals surface area contributed by atoms with Gasteiger partial charge in [0.05, 0.1) is 5.75 Å². The quantitative estimate of drug-likeness (QED) is 0.581. The SMILES string of the molecule is CCCCCS(=O)(=O)CC(=O)c1cc2ccccc2o1. The number of para-hydroxylation sites is 1. The Labute approximate surface area is 118 Å². The maximum atomic E-state index is 12.0. The van der Waals surface area contributed by atoms with Gasteiger partial charge in [0.1, 0.15) is 11.3 Å². The van der Waals surface area contributed by atoms with Crippen LogP contribution in [0.5, 0.6) is 0 Å². The van der Waals surface area contributed by atoms with Crippen molar-refractivity contribution in [1.82, 2.24) is 0 Å². The van der Waals surface area contributed by atoms with E-state index in [1.54, 1.807) is 12.1 Å². The van der Waals surface area contributed by atoms with Gasteiger partial charge in [-0.25, -0.2) is 8.42 Å². The largest absolute Gasteiger partial charge is 0.453 e. The van der Waals surface area contributed by atoms with Gasteiger partial charge in [-0.2, -0.15) is 0 Å². The van der Waals surface area contributed by atoms with Gasteiger partial charge in [-0.3, -0.25) is 4.79 Å². The number of carbonyl (C=O) groups is 1. The number of hydrogen-bond donors (Lipinski definition) is 0. The maximum Gasteiger partial charge on any atom is 0.213 e. The highest BCUT2D eigenvalue weighted by Gasteiger charge is 2.20. The lowest BCUT2D eigenvalue weighted by atomic mass is 10.2. The standard InChI is InChI=1S/C15H18O4S/c1-2-3-6-9-20(17,18)11-13(16)15-10-12-7-4-5-8-14(12)19-15/h4-5,7-8,10H,2-3,6,9,11H2,1H3. The summed E-state index contributed by atoms with van der Waals surface area (Å²) in [5.74, 6) is -0.772. The number of carbonyl (C=O) groups excluding carboxylic acids is 1. The fourth-order valence-corrected chi connectivity index (χ4v) is 3.36. The zero-order valence-electron chi connectivity index (χ0n) is 11.5. The van der Waals surface area contributed by atoms with Crippen LogP contribution in [0.2, 0.25) is 0 Å². The van der Waals surface area contributed by atoms with Gasteiger partial charge in [-0.15, -0.1) is 0 Å². The van der Waals surface area contributed by atoms with Crippen LogP contribution in [0.15, 0.2) is 34.7 Å². The molecule has 0 atom stereocenters. The first-order valence-corrected chi connectivity index (χ1v) is 8.56. The molecule has 0 spiro atoms. The van der Waals surface area contributed by atoms with E-state index in [0.717, 1.165) is 18.2 Å². The summed E-state index contributed by atoms with van der Waals surface area (Å²) >= 11 is 0. The lowest BCUT2D eigenvalue weighted by molar-refractivity contribution is 0.0992. The molecular weight excluding hydrogens is 276 g/mol. The van der Waals surface area contributed by atoms with E-state index in [1.807, 2.05) is 25.1 Å². The van der Waals surface area contributed by atoms with Gasteiger partial charge in [-0.05, 0) is 18.6 Å². The second-order valence-electron chi connectivity index (χ2n) is 4.87. The van der Waals surface area contributed by atoms with Gasteiger partial charge in [0.2, 0.25) is 5.78 Å². The molecule has 0 fully saturated rings. The summed E-state index contributed by atoms with van der Waals surface area (Å²) in [5.41, 5.74) is 0.597. The number of benzene rings is 1. The van der Waals surface area contributed by atoms with Crippen molar-refractivity contribution in [2.45, 2.75) is 26.2 Å². The summed E-state index contributed by atoms with van der Waals surface area (Å²) in [6.07, 6.45) is 2.41. The molecule has 0 aliphatic heterocycles. The van der Waals surface area contributed by atoms with Crippen molar-refractivity contribution < 1.29 is 17.6 Å². The molecule has 4 nitrogen and oxygen atoms in total. The molecule has 20 heavy (non-hydrogen) atoms. The van der Waals surface area contributed by atoms with E-state index < -0.39 is 21.4 Å². The van der Waals surface area contributed by atoms with Crippen LogP contribution < -0.4 is 0 Å². The minimum atomic E-state index is -3.35. The van der Waals surface area contributed by atoms with Crippen molar-refractivity contribution in [1.29, 1.82) is 0 Å². The molecule has 1 heterocycles. The van der Waals surface area contributed by atoms with Gasteiger partial charge in [0, 0.05) is 5.39 Å². The highest BCUT2D eigenvalue weighted by atomic mass is 32.2. The molecule has 2 rings (SSSR count). The van der Waals surface area contributed by atoms with Crippen LogP contribution >= 0.6 is 0 Å². The van der Waals surface area contributed by atoms with Crippen molar-refractivity contribution >= 4 is 26.6 Å². The minimum absolute atomic E-state index is 0.0623. The van der Waals surface area contributed by atoms with Crippen LogP contribution in [0.1, 0.15) is 36.7 Å². The Bertz CT molecular complexity index is 664. The van der Waals surface area contributed by atoms with Crippen molar-refractivity contribution in [3.63, 3.8) is 0 Å². The second kappa shape index (κ2) is 6.22. The summed E-state index contributed by atoms with van der Waals surface area (Å²) in [6.45, 7) is 2.01. The van der Waals surface area contributed by atoms with Gasteiger partial charge in [0.25, 0.3) is 0 Å². The zero-order valence-corrected chi connectivity index (χ0v) is 12.3. The topological polar surface area (TPSA) is 64.3 Å². The molecule has 0 radical (unpaired) electrons. The summed E-state index contributed by atoms with van der Waals surface area (Å²) < 4.78 is 29.1. The monoisotopic (exact) mass is 294 g/mol. The number of furan rings is 1. The van der Waals surface area contributed by atoms with Gasteiger partial charge >= 0.3 is 0 Å². The summed E-state index contributed by atoms with van der Waals surface area (Å²) in [7, 11) is -3.35. The van der Waals surface area contributed by atoms with Crippen molar-refractivity contribution in [3.05, 3.63) is 36.1 Å². The number of hydrogen-bond acceptors (Lipinski definition) is 4. The van der Waals surface area contributed by atoms with Crippen molar-refractivity contribution in [2.24, 2.45) is 0 Å². The third-order valence-corrected chi connectivity index (χ3v) is 4.72. The van der Waals surface area contributed by atoms with E-state index in [0.29, 0.717) is 12.0 Å². The Hall–Kier alpha value is -1.62. The molecule has 0 N–H and O–H groups in total. The van der Waals surface area contributed by atoms with Crippen LogP contribution in [0.4, 0.5) is 0 Å². The lowest BCUT2D eigenvalue weighted by Gasteiger charge is -2.01. The molecule has 0 saturated heterocycles. The van der Waals surface area contributed by atoms with Crippen molar-refractivity contribution in [3.8, 4) is 0 Å². The maximum absolute atomic E-state index is 12.0. The first-order valence-electron chi connectivity index (χ1n) is 6.74. The molecule has 1 aromatic carbocycles. The van der Waals surface area contributed by atoms with Gasteiger partial charge in [-0.1, -0.05) is 38.0 Å². The van der Waals surface area contributed by atoms with Crippen molar-refractivity contribution in [2.75, 3.05) is 11.5 Å². The van der Waals surface area contributed by atoms with Gasteiger partial charge < -0.3 is 4.42 Å². The average Bonchev–Trinajstić information content (AvgIpc) is 2.82. The molecular formula is C15H18O4S. The third kappa shape index (κ3) is 3.70. The molecule has 0 aliphatic rings. The summed E-state index contributed by atoms with van der Waals surface area (Å²) in [6, 6.07) is 8.82. The van der Waals surface area contributed by atoms with Crippen LogP contribution in [-0.4, -0.2) is 25.7 Å². The van der Waals surface area contributed by atoms with E-state index >= 15 is 0 Å². The molecule has 2 aromatic rings. The molecule has 0 bridgehead atoms. The van der Waals surface area contributed by atoms with Gasteiger partial charge in [0.15, 0.2) is 15.6 Å². The Morgan fingerprint density at radius 1 is 1.20 bits per heavy atom. The smallest absolute Gasteiger partial charge is 0.213 e. The predicted molar refractivity (Wildman–Crippen MR) is 78.7 cm³/mol. The average molecular weight is 294 g/mol. The first-order chi connectivity index (χ1) is 9.52.